The molecule has 1 aliphatic heterocycles. The Balaban J connectivity index is 1.87. The minimum absolute atomic E-state index is 0.0163. The molecule has 12 heteroatoms. The van der Waals surface area contributed by atoms with Crippen LogP contribution in [-0.2, 0) is 31.0 Å². The molecule has 7 nitrogen and oxygen atoms in total. The van der Waals surface area contributed by atoms with Crippen molar-refractivity contribution < 1.29 is 34.8 Å². The average molecular weight is 448 g/mol. The van der Waals surface area contributed by atoms with Crippen molar-refractivity contribution in [1.82, 2.24) is 0 Å². The van der Waals surface area contributed by atoms with Gasteiger partial charge < -0.3 is 0 Å². The standard InChI is InChI=1S/C17H15F3N2O5S2/c1-11-10-28(24,25)22(16(11)23)14-5-7-15(8-6-14)29(26,27)21-13-4-2-3-12(9-13)17(18,19)20/h2-9,11,21H,10H2,1H3/t11-/m0/s1. The Morgan fingerprint density at radius 1 is 1.10 bits per heavy atom. The van der Waals surface area contributed by atoms with Crippen molar-refractivity contribution in [1.29, 1.82) is 0 Å². The second kappa shape index (κ2) is 7.02. The van der Waals surface area contributed by atoms with E-state index in [1.807, 2.05) is 4.72 Å². The second-order valence-corrected chi connectivity index (χ2v) is 10.0. The number of halogens is 3. The van der Waals surface area contributed by atoms with E-state index in [0.717, 1.165) is 42.5 Å². The van der Waals surface area contributed by atoms with Gasteiger partial charge in [0.25, 0.3) is 10.0 Å². The van der Waals surface area contributed by atoms with E-state index in [1.165, 1.54) is 6.92 Å². The minimum Gasteiger partial charge on any atom is -0.280 e. The first-order valence-electron chi connectivity index (χ1n) is 8.18. The number of hydrogen-bond donors (Lipinski definition) is 1. The monoisotopic (exact) mass is 448 g/mol. The van der Waals surface area contributed by atoms with E-state index in [1.54, 1.807) is 0 Å². The third-order valence-corrected chi connectivity index (χ3v) is 7.45. The number of anilines is 2. The highest BCUT2D eigenvalue weighted by Crippen LogP contribution is 2.32. The number of nitrogens with zero attached hydrogens (tertiary/aromatic N) is 1. The number of sulfonamides is 2. The van der Waals surface area contributed by atoms with Gasteiger partial charge in [-0.15, -0.1) is 0 Å². The number of benzene rings is 2. The zero-order valence-electron chi connectivity index (χ0n) is 14.8. The fourth-order valence-electron chi connectivity index (χ4n) is 2.82. The van der Waals surface area contributed by atoms with Crippen molar-refractivity contribution in [3.05, 3.63) is 54.1 Å². The fourth-order valence-corrected chi connectivity index (χ4v) is 5.69. The third kappa shape index (κ3) is 4.22. The molecule has 0 unspecified atom stereocenters. The molecule has 156 valence electrons. The first kappa shape index (κ1) is 21.1. The van der Waals surface area contributed by atoms with Crippen LogP contribution in [0.15, 0.2) is 53.4 Å². The zero-order chi connectivity index (χ0) is 21.6. The van der Waals surface area contributed by atoms with Gasteiger partial charge in [-0.1, -0.05) is 13.0 Å². The summed E-state index contributed by atoms with van der Waals surface area (Å²) in [5.41, 5.74) is -1.31. The van der Waals surface area contributed by atoms with Gasteiger partial charge in [-0.05, 0) is 42.5 Å². The largest absolute Gasteiger partial charge is 0.416 e. The smallest absolute Gasteiger partial charge is 0.280 e. The summed E-state index contributed by atoms with van der Waals surface area (Å²) >= 11 is 0. The summed E-state index contributed by atoms with van der Waals surface area (Å²) in [6.07, 6.45) is -4.63. The van der Waals surface area contributed by atoms with Crippen LogP contribution in [0.25, 0.3) is 0 Å². The van der Waals surface area contributed by atoms with E-state index in [2.05, 4.69) is 0 Å². The van der Waals surface area contributed by atoms with Crippen LogP contribution in [0.2, 0.25) is 0 Å². The van der Waals surface area contributed by atoms with Gasteiger partial charge in [-0.3, -0.25) is 9.52 Å². The minimum atomic E-state index is -4.63. The molecule has 1 atom stereocenters. The van der Waals surface area contributed by atoms with Crippen molar-refractivity contribution in [2.24, 2.45) is 5.92 Å². The predicted molar refractivity (Wildman–Crippen MR) is 99.1 cm³/mol. The number of nitrogens with one attached hydrogen (secondary N) is 1. The molecule has 1 amide bonds. The normalized spacial score (nSPS) is 19.4. The van der Waals surface area contributed by atoms with Gasteiger partial charge >= 0.3 is 6.18 Å². The molecule has 2 aromatic rings. The molecule has 0 aromatic heterocycles. The molecule has 1 saturated heterocycles. The Morgan fingerprint density at radius 2 is 1.72 bits per heavy atom. The topological polar surface area (TPSA) is 101 Å². The summed E-state index contributed by atoms with van der Waals surface area (Å²) in [5.74, 6) is -1.68. The van der Waals surface area contributed by atoms with Gasteiger partial charge in [0.2, 0.25) is 15.9 Å². The molecule has 1 heterocycles. The molecular formula is C17H15F3N2O5S2. The van der Waals surface area contributed by atoms with Gasteiger partial charge in [0, 0.05) is 5.69 Å². The number of alkyl halides is 3. The molecule has 1 N–H and O–H groups in total. The van der Waals surface area contributed by atoms with Crippen LogP contribution in [0.4, 0.5) is 24.5 Å². The molecule has 0 spiro atoms. The van der Waals surface area contributed by atoms with E-state index in [9.17, 15) is 34.8 Å². The molecule has 3 rings (SSSR count). The number of carbonyl (C=O) groups is 1. The number of amides is 1. The van der Waals surface area contributed by atoms with Gasteiger partial charge in [-0.2, -0.15) is 13.2 Å². The Morgan fingerprint density at radius 3 is 2.24 bits per heavy atom. The summed E-state index contributed by atoms with van der Waals surface area (Å²) in [4.78, 5) is 11.8. The lowest BCUT2D eigenvalue weighted by Gasteiger charge is -2.16. The molecule has 2 aromatic carbocycles. The summed E-state index contributed by atoms with van der Waals surface area (Å²) in [6, 6.07) is 8.12. The number of carbonyl (C=O) groups excluding carboxylic acids is 1. The maximum Gasteiger partial charge on any atom is 0.416 e. The van der Waals surface area contributed by atoms with E-state index in [-0.39, 0.29) is 22.0 Å². The summed E-state index contributed by atoms with van der Waals surface area (Å²) in [7, 11) is -8.08. The van der Waals surface area contributed by atoms with Crippen LogP contribution in [0.1, 0.15) is 12.5 Å². The molecular weight excluding hydrogens is 433 g/mol. The fraction of sp³-hybridized carbons (Fsp3) is 0.235. The van der Waals surface area contributed by atoms with Gasteiger partial charge in [-0.25, -0.2) is 21.1 Å². The van der Waals surface area contributed by atoms with Gasteiger partial charge in [0.1, 0.15) is 0 Å². The number of hydrogen-bond acceptors (Lipinski definition) is 5. The van der Waals surface area contributed by atoms with Crippen LogP contribution in [0.5, 0.6) is 0 Å². The van der Waals surface area contributed by atoms with Gasteiger partial charge in [0.15, 0.2) is 0 Å². The van der Waals surface area contributed by atoms with Crippen molar-refractivity contribution in [2.45, 2.75) is 18.0 Å². The van der Waals surface area contributed by atoms with Crippen LogP contribution in [-0.4, -0.2) is 28.5 Å². The SMILES string of the molecule is C[C@H]1CS(=O)(=O)N(c2ccc(S(=O)(=O)Nc3cccc(C(F)(F)F)c3)cc2)C1=O. The molecule has 0 radical (unpaired) electrons. The van der Waals surface area contributed by atoms with E-state index in [0.29, 0.717) is 10.4 Å². The lowest BCUT2D eigenvalue weighted by Crippen LogP contribution is -2.30. The van der Waals surface area contributed by atoms with Crippen LogP contribution in [0, 0.1) is 5.92 Å². The maximum absolute atomic E-state index is 12.8. The molecule has 1 fully saturated rings. The highest BCUT2D eigenvalue weighted by molar-refractivity contribution is 7.94. The summed E-state index contributed by atoms with van der Waals surface area (Å²) in [6.45, 7) is 1.47. The Kier molecular flexibility index (Phi) is 5.11. The highest BCUT2D eigenvalue weighted by atomic mass is 32.2. The predicted octanol–water partition coefficient (Wildman–Crippen LogP) is 2.82. The van der Waals surface area contributed by atoms with E-state index >= 15 is 0 Å². The highest BCUT2D eigenvalue weighted by Gasteiger charge is 2.42. The van der Waals surface area contributed by atoms with Gasteiger partial charge in [0.05, 0.1) is 27.8 Å². The maximum atomic E-state index is 12.8. The van der Waals surface area contributed by atoms with Crippen molar-refractivity contribution >= 4 is 37.3 Å². The van der Waals surface area contributed by atoms with Crippen molar-refractivity contribution in [3.8, 4) is 0 Å². The number of rotatable bonds is 4. The lowest BCUT2D eigenvalue weighted by atomic mass is 10.2. The third-order valence-electron chi connectivity index (χ3n) is 4.18. The van der Waals surface area contributed by atoms with Crippen LogP contribution < -0.4 is 9.03 Å². The first-order valence-corrected chi connectivity index (χ1v) is 11.3. The van der Waals surface area contributed by atoms with Crippen LogP contribution in [0.3, 0.4) is 0 Å². The molecule has 0 aliphatic carbocycles. The molecule has 29 heavy (non-hydrogen) atoms. The molecule has 0 saturated carbocycles. The average Bonchev–Trinajstić information content (AvgIpc) is 2.81. The summed E-state index contributed by atoms with van der Waals surface area (Å²) < 4.78 is 90.1. The molecule has 1 aliphatic rings. The van der Waals surface area contributed by atoms with Crippen molar-refractivity contribution in [3.63, 3.8) is 0 Å². The Hall–Kier alpha value is -2.60. The molecule has 0 bridgehead atoms. The Labute approximate surface area is 165 Å². The Bertz CT molecular complexity index is 1160. The summed E-state index contributed by atoms with van der Waals surface area (Å²) in [5, 5.41) is 0. The quantitative estimate of drug-likeness (QED) is 0.775. The first-order chi connectivity index (χ1) is 13.3. The lowest BCUT2D eigenvalue weighted by molar-refractivity contribution is -0.137. The van der Waals surface area contributed by atoms with E-state index < -0.39 is 43.6 Å². The van der Waals surface area contributed by atoms with Crippen LogP contribution >= 0.6 is 0 Å². The van der Waals surface area contributed by atoms with Crippen molar-refractivity contribution in [2.75, 3.05) is 14.8 Å². The zero-order valence-corrected chi connectivity index (χ0v) is 16.5. The van der Waals surface area contributed by atoms with E-state index in [4.69, 9.17) is 0 Å². The second-order valence-electron chi connectivity index (χ2n) is 6.46.